The van der Waals surface area contributed by atoms with Crippen LogP contribution in [0.15, 0.2) is 4.52 Å². The van der Waals surface area contributed by atoms with Crippen LogP contribution in [0, 0.1) is 0 Å². The second kappa shape index (κ2) is 4.48. The average Bonchev–Trinajstić information content (AvgIpc) is 3.01. The molecule has 0 amide bonds. The van der Waals surface area contributed by atoms with Crippen molar-refractivity contribution in [2.75, 3.05) is 26.4 Å². The number of morpholine rings is 1. The summed E-state index contributed by atoms with van der Waals surface area (Å²) >= 11 is 0. The Balaban J connectivity index is 1.71. The second-order valence-corrected chi connectivity index (χ2v) is 4.07. The van der Waals surface area contributed by atoms with Gasteiger partial charge in [-0.3, -0.25) is 0 Å². The first-order valence-electron chi connectivity index (χ1n) is 5.70. The molecule has 3 heterocycles. The fourth-order valence-corrected chi connectivity index (χ4v) is 2.02. The highest BCUT2D eigenvalue weighted by Crippen LogP contribution is 2.27. The van der Waals surface area contributed by atoms with E-state index < -0.39 is 0 Å². The molecule has 16 heavy (non-hydrogen) atoms. The molecule has 0 bridgehead atoms. The summed E-state index contributed by atoms with van der Waals surface area (Å²) in [5.41, 5.74) is 0. The summed E-state index contributed by atoms with van der Waals surface area (Å²) in [7, 11) is 0. The van der Waals surface area contributed by atoms with Crippen molar-refractivity contribution in [3.05, 3.63) is 11.7 Å². The molecule has 1 aromatic heterocycles. The van der Waals surface area contributed by atoms with Crippen molar-refractivity contribution in [3.8, 4) is 0 Å². The number of nitrogens with one attached hydrogen (secondary N) is 1. The van der Waals surface area contributed by atoms with E-state index in [4.69, 9.17) is 14.0 Å². The topological polar surface area (TPSA) is 69.4 Å². The Kier molecular flexibility index (Phi) is 2.86. The van der Waals surface area contributed by atoms with Crippen LogP contribution in [0.1, 0.15) is 36.7 Å². The number of aromatic nitrogens is 2. The first-order chi connectivity index (χ1) is 7.93. The van der Waals surface area contributed by atoms with E-state index in [2.05, 4.69) is 15.5 Å². The molecular weight excluding hydrogens is 210 g/mol. The molecule has 6 nitrogen and oxygen atoms in total. The summed E-state index contributed by atoms with van der Waals surface area (Å²) in [6, 6.07) is 0.0244. The van der Waals surface area contributed by atoms with Crippen LogP contribution >= 0.6 is 0 Å². The van der Waals surface area contributed by atoms with Gasteiger partial charge in [0.15, 0.2) is 0 Å². The van der Waals surface area contributed by atoms with Crippen LogP contribution in [-0.2, 0) is 9.47 Å². The molecule has 0 spiro atoms. The van der Waals surface area contributed by atoms with Crippen molar-refractivity contribution < 1.29 is 14.0 Å². The lowest BCUT2D eigenvalue weighted by Crippen LogP contribution is -2.34. The minimum absolute atomic E-state index is 0.0157. The minimum Gasteiger partial charge on any atom is -0.378 e. The van der Waals surface area contributed by atoms with Crippen LogP contribution in [0.5, 0.6) is 0 Å². The normalized spacial score (nSPS) is 30.8. The van der Waals surface area contributed by atoms with E-state index in [9.17, 15) is 0 Å². The van der Waals surface area contributed by atoms with Gasteiger partial charge in [-0.15, -0.1) is 0 Å². The van der Waals surface area contributed by atoms with Crippen LogP contribution in [0.4, 0.5) is 0 Å². The highest BCUT2D eigenvalue weighted by Gasteiger charge is 2.26. The van der Waals surface area contributed by atoms with Crippen molar-refractivity contribution in [2.45, 2.75) is 25.0 Å². The quantitative estimate of drug-likeness (QED) is 0.794. The lowest BCUT2D eigenvalue weighted by atomic mass is 10.2. The predicted molar refractivity (Wildman–Crippen MR) is 53.8 cm³/mol. The van der Waals surface area contributed by atoms with Crippen LogP contribution in [0.3, 0.4) is 0 Å². The molecule has 0 aromatic carbocycles. The molecule has 2 unspecified atom stereocenters. The summed E-state index contributed by atoms with van der Waals surface area (Å²) in [5, 5.41) is 7.24. The van der Waals surface area contributed by atoms with Crippen molar-refractivity contribution in [1.29, 1.82) is 0 Å². The number of nitrogens with zero attached hydrogens (tertiary/aromatic N) is 2. The van der Waals surface area contributed by atoms with Gasteiger partial charge in [-0.1, -0.05) is 5.16 Å². The van der Waals surface area contributed by atoms with Crippen molar-refractivity contribution >= 4 is 0 Å². The van der Waals surface area contributed by atoms with Crippen molar-refractivity contribution in [3.63, 3.8) is 0 Å². The summed E-state index contributed by atoms with van der Waals surface area (Å²) in [4.78, 5) is 4.37. The van der Waals surface area contributed by atoms with E-state index in [1.165, 1.54) is 0 Å². The van der Waals surface area contributed by atoms with Gasteiger partial charge < -0.3 is 19.3 Å². The summed E-state index contributed by atoms with van der Waals surface area (Å²) < 4.78 is 16.1. The third-order valence-corrected chi connectivity index (χ3v) is 2.89. The van der Waals surface area contributed by atoms with Gasteiger partial charge >= 0.3 is 0 Å². The van der Waals surface area contributed by atoms with E-state index in [1.807, 2.05) is 0 Å². The molecule has 2 aliphatic heterocycles. The largest absolute Gasteiger partial charge is 0.378 e. The van der Waals surface area contributed by atoms with Crippen LogP contribution < -0.4 is 5.32 Å². The van der Waals surface area contributed by atoms with Gasteiger partial charge in [0.05, 0.1) is 13.2 Å². The molecule has 1 aromatic rings. The Morgan fingerprint density at radius 1 is 1.31 bits per heavy atom. The maximum Gasteiger partial charge on any atom is 0.246 e. The summed E-state index contributed by atoms with van der Waals surface area (Å²) in [5.74, 6) is 1.27. The fourth-order valence-electron chi connectivity index (χ4n) is 2.02. The number of hydrogen-bond acceptors (Lipinski definition) is 6. The molecule has 2 aliphatic rings. The molecule has 2 saturated heterocycles. The molecule has 0 saturated carbocycles. The predicted octanol–water partition coefficient (Wildman–Crippen LogP) is 0.582. The number of rotatable bonds is 2. The highest BCUT2D eigenvalue weighted by molar-refractivity contribution is 4.97. The monoisotopic (exact) mass is 225 g/mol. The molecule has 2 atom stereocenters. The Labute approximate surface area is 93.3 Å². The number of ether oxygens (including phenoxy) is 2. The Hall–Kier alpha value is -0.980. The second-order valence-electron chi connectivity index (χ2n) is 4.07. The maximum absolute atomic E-state index is 5.50. The molecule has 88 valence electrons. The van der Waals surface area contributed by atoms with Crippen molar-refractivity contribution in [2.24, 2.45) is 0 Å². The van der Waals surface area contributed by atoms with Crippen LogP contribution in [-0.4, -0.2) is 36.5 Å². The molecule has 3 rings (SSSR count). The Morgan fingerprint density at radius 3 is 3.06 bits per heavy atom. The first-order valence-corrected chi connectivity index (χ1v) is 5.70. The lowest BCUT2D eigenvalue weighted by molar-refractivity contribution is 0.0659. The van der Waals surface area contributed by atoms with Gasteiger partial charge in [0.25, 0.3) is 0 Å². The van der Waals surface area contributed by atoms with Gasteiger partial charge in [-0.05, 0) is 12.8 Å². The summed E-state index contributed by atoms with van der Waals surface area (Å²) in [6.07, 6.45) is 2.06. The van der Waals surface area contributed by atoms with Gasteiger partial charge in [0.1, 0.15) is 12.1 Å². The molecule has 6 heteroatoms. The van der Waals surface area contributed by atoms with Crippen molar-refractivity contribution in [1.82, 2.24) is 15.5 Å². The van der Waals surface area contributed by atoms with E-state index in [0.717, 1.165) is 32.6 Å². The smallest absolute Gasteiger partial charge is 0.246 e. The fraction of sp³-hybridized carbons (Fsp3) is 0.800. The zero-order chi connectivity index (χ0) is 10.8. The SMILES string of the molecule is C1COC(c2noc(C3COCCN3)n2)C1. The molecule has 0 aliphatic carbocycles. The van der Waals surface area contributed by atoms with E-state index in [1.54, 1.807) is 0 Å². The first kappa shape index (κ1) is 10.2. The van der Waals surface area contributed by atoms with Crippen LogP contribution in [0.2, 0.25) is 0 Å². The minimum atomic E-state index is 0.0157. The third kappa shape index (κ3) is 1.95. The Morgan fingerprint density at radius 2 is 2.31 bits per heavy atom. The maximum atomic E-state index is 5.50. The van der Waals surface area contributed by atoms with Crippen LogP contribution in [0.25, 0.3) is 0 Å². The molecule has 0 radical (unpaired) electrons. The van der Waals surface area contributed by atoms with Gasteiger partial charge in [-0.2, -0.15) is 4.98 Å². The summed E-state index contributed by atoms with van der Waals surface area (Å²) in [6.45, 7) is 2.94. The van der Waals surface area contributed by atoms with Gasteiger partial charge in [-0.25, -0.2) is 0 Å². The molecule has 1 N–H and O–H groups in total. The van der Waals surface area contributed by atoms with Gasteiger partial charge in [0.2, 0.25) is 11.7 Å². The zero-order valence-corrected chi connectivity index (χ0v) is 9.02. The Bertz CT molecular complexity index is 343. The standard InChI is InChI=1S/C10H15N3O3/c1-2-8(15-4-1)9-12-10(16-13-9)7-6-14-5-3-11-7/h7-8,11H,1-6H2. The van der Waals surface area contributed by atoms with Gasteiger partial charge in [0, 0.05) is 13.2 Å². The zero-order valence-electron chi connectivity index (χ0n) is 9.02. The average molecular weight is 225 g/mol. The lowest BCUT2D eigenvalue weighted by Gasteiger charge is -2.20. The van der Waals surface area contributed by atoms with E-state index in [-0.39, 0.29) is 12.1 Å². The van der Waals surface area contributed by atoms with E-state index in [0.29, 0.717) is 18.3 Å². The third-order valence-electron chi connectivity index (χ3n) is 2.89. The van der Waals surface area contributed by atoms with E-state index >= 15 is 0 Å². The highest BCUT2D eigenvalue weighted by atomic mass is 16.5. The molecular formula is C10H15N3O3. The molecule has 2 fully saturated rings. The number of hydrogen-bond donors (Lipinski definition) is 1.